The summed E-state index contributed by atoms with van der Waals surface area (Å²) in [6.07, 6.45) is 3.42. The maximum atomic E-state index is 11.1. The van der Waals surface area contributed by atoms with Gasteiger partial charge in [0.1, 0.15) is 18.1 Å². The van der Waals surface area contributed by atoms with Crippen molar-refractivity contribution in [3.05, 3.63) is 82.2 Å². The normalized spacial score (nSPS) is 15.6. The van der Waals surface area contributed by atoms with E-state index in [1.165, 1.54) is 12.4 Å². The third-order valence-electron chi connectivity index (χ3n) is 4.21. The van der Waals surface area contributed by atoms with Gasteiger partial charge in [-0.3, -0.25) is 10.1 Å². The summed E-state index contributed by atoms with van der Waals surface area (Å²) < 4.78 is 6.99. The SMILES string of the molecule is COc1cccc(C2=CC(c3cccc([N+](=O)[O-])c3)n3ncnc3N2)c1. The van der Waals surface area contributed by atoms with Gasteiger partial charge in [0.05, 0.1) is 12.0 Å². The third kappa shape index (κ3) is 2.77. The van der Waals surface area contributed by atoms with Gasteiger partial charge < -0.3 is 10.1 Å². The molecule has 8 heteroatoms. The first kappa shape index (κ1) is 15.8. The number of allylic oxidation sites excluding steroid dienone is 1. The first-order valence-electron chi connectivity index (χ1n) is 7.93. The van der Waals surface area contributed by atoms with Gasteiger partial charge >= 0.3 is 0 Å². The molecule has 0 spiro atoms. The predicted molar refractivity (Wildman–Crippen MR) is 95.9 cm³/mol. The van der Waals surface area contributed by atoms with Crippen molar-refractivity contribution in [3.8, 4) is 5.75 Å². The number of methoxy groups -OCH3 is 1. The van der Waals surface area contributed by atoms with Gasteiger partial charge in [-0.05, 0) is 23.8 Å². The molecule has 2 heterocycles. The van der Waals surface area contributed by atoms with Gasteiger partial charge in [0, 0.05) is 23.4 Å². The minimum Gasteiger partial charge on any atom is -0.497 e. The predicted octanol–water partition coefficient (Wildman–Crippen LogP) is 3.25. The second-order valence-corrected chi connectivity index (χ2v) is 5.76. The van der Waals surface area contributed by atoms with E-state index >= 15 is 0 Å². The topological polar surface area (TPSA) is 95.1 Å². The van der Waals surface area contributed by atoms with Crippen LogP contribution in [0.2, 0.25) is 0 Å². The molecular weight excluding hydrogens is 334 g/mol. The fraction of sp³-hybridized carbons (Fsp3) is 0.111. The number of rotatable bonds is 4. The summed E-state index contributed by atoms with van der Waals surface area (Å²) in [5, 5.41) is 18.6. The summed E-state index contributed by atoms with van der Waals surface area (Å²) in [5.41, 5.74) is 2.56. The molecule has 0 fully saturated rings. The van der Waals surface area contributed by atoms with Gasteiger partial charge in [0.2, 0.25) is 5.95 Å². The monoisotopic (exact) mass is 349 g/mol. The Hall–Kier alpha value is -3.68. The molecule has 0 amide bonds. The van der Waals surface area contributed by atoms with Crippen molar-refractivity contribution in [2.24, 2.45) is 0 Å². The van der Waals surface area contributed by atoms with E-state index in [2.05, 4.69) is 15.4 Å². The highest BCUT2D eigenvalue weighted by Crippen LogP contribution is 2.33. The van der Waals surface area contributed by atoms with E-state index in [0.29, 0.717) is 5.95 Å². The smallest absolute Gasteiger partial charge is 0.269 e. The summed E-state index contributed by atoms with van der Waals surface area (Å²) >= 11 is 0. The summed E-state index contributed by atoms with van der Waals surface area (Å²) in [7, 11) is 1.62. The third-order valence-corrected chi connectivity index (χ3v) is 4.21. The number of fused-ring (bicyclic) bond motifs is 1. The minimum absolute atomic E-state index is 0.0408. The molecule has 0 bridgehead atoms. The second kappa shape index (κ2) is 6.32. The molecule has 0 radical (unpaired) electrons. The lowest BCUT2D eigenvalue weighted by Gasteiger charge is -2.24. The van der Waals surface area contributed by atoms with Crippen molar-refractivity contribution < 1.29 is 9.66 Å². The van der Waals surface area contributed by atoms with Gasteiger partial charge in [-0.1, -0.05) is 24.3 Å². The van der Waals surface area contributed by atoms with Crippen molar-refractivity contribution >= 4 is 17.3 Å². The van der Waals surface area contributed by atoms with Crippen LogP contribution >= 0.6 is 0 Å². The molecule has 1 unspecified atom stereocenters. The van der Waals surface area contributed by atoms with Crippen molar-refractivity contribution in [2.45, 2.75) is 6.04 Å². The average Bonchev–Trinajstić information content (AvgIpc) is 3.16. The molecule has 0 saturated heterocycles. The van der Waals surface area contributed by atoms with E-state index in [0.717, 1.165) is 22.6 Å². The number of hydrogen-bond acceptors (Lipinski definition) is 6. The van der Waals surface area contributed by atoms with E-state index in [9.17, 15) is 10.1 Å². The molecule has 2 aromatic carbocycles. The number of nitrogens with one attached hydrogen (secondary N) is 1. The van der Waals surface area contributed by atoms with Crippen LogP contribution in [-0.2, 0) is 0 Å². The van der Waals surface area contributed by atoms with Crippen molar-refractivity contribution in [1.82, 2.24) is 14.8 Å². The lowest BCUT2D eigenvalue weighted by Crippen LogP contribution is -2.20. The lowest BCUT2D eigenvalue weighted by atomic mass is 10.0. The minimum atomic E-state index is -0.403. The molecule has 1 N–H and O–H groups in total. The van der Waals surface area contributed by atoms with E-state index in [-0.39, 0.29) is 11.7 Å². The first-order valence-corrected chi connectivity index (χ1v) is 7.93. The standard InChI is InChI=1S/C18H15N5O3/c1-26-15-7-3-4-12(9-15)16-10-17(22-18(21-16)19-11-20-22)13-5-2-6-14(8-13)23(24)25/h2-11,17H,1H3,(H,19,20,21). The number of nitro benzene ring substituents is 1. The van der Waals surface area contributed by atoms with Crippen molar-refractivity contribution in [3.63, 3.8) is 0 Å². The summed E-state index contributed by atoms with van der Waals surface area (Å²) in [6.45, 7) is 0. The summed E-state index contributed by atoms with van der Waals surface area (Å²) in [4.78, 5) is 15.0. The quantitative estimate of drug-likeness (QED) is 0.574. The maximum absolute atomic E-state index is 11.1. The number of nitro groups is 1. The van der Waals surface area contributed by atoms with Crippen molar-refractivity contribution in [1.29, 1.82) is 0 Å². The molecule has 26 heavy (non-hydrogen) atoms. The highest BCUT2D eigenvalue weighted by molar-refractivity contribution is 5.77. The van der Waals surface area contributed by atoms with E-state index in [4.69, 9.17) is 4.74 Å². The zero-order chi connectivity index (χ0) is 18.1. The molecule has 1 aliphatic heterocycles. The van der Waals surface area contributed by atoms with Gasteiger partial charge in [-0.25, -0.2) is 4.68 Å². The zero-order valence-electron chi connectivity index (χ0n) is 13.9. The van der Waals surface area contributed by atoms with Crippen LogP contribution in [0.4, 0.5) is 11.6 Å². The maximum Gasteiger partial charge on any atom is 0.269 e. The second-order valence-electron chi connectivity index (χ2n) is 5.76. The van der Waals surface area contributed by atoms with Crippen LogP contribution in [0.15, 0.2) is 60.9 Å². The lowest BCUT2D eigenvalue weighted by molar-refractivity contribution is -0.384. The highest BCUT2D eigenvalue weighted by atomic mass is 16.6. The molecule has 4 rings (SSSR count). The first-order chi connectivity index (χ1) is 12.7. The number of benzene rings is 2. The molecule has 3 aromatic rings. The summed E-state index contributed by atoms with van der Waals surface area (Å²) in [6, 6.07) is 13.9. The fourth-order valence-electron chi connectivity index (χ4n) is 2.95. The number of ether oxygens (including phenoxy) is 1. The Kier molecular flexibility index (Phi) is 3.85. The van der Waals surface area contributed by atoms with E-state index in [1.54, 1.807) is 23.9 Å². The van der Waals surface area contributed by atoms with Crippen LogP contribution in [0, 0.1) is 10.1 Å². The fourth-order valence-corrected chi connectivity index (χ4v) is 2.95. The van der Waals surface area contributed by atoms with Gasteiger partial charge in [-0.15, -0.1) is 0 Å². The van der Waals surface area contributed by atoms with Crippen LogP contribution in [0.25, 0.3) is 5.70 Å². The molecular formula is C18H15N5O3. The molecule has 1 atom stereocenters. The Balaban J connectivity index is 1.81. The van der Waals surface area contributed by atoms with Gasteiger partial charge in [0.25, 0.3) is 5.69 Å². The Labute approximate surface area is 148 Å². The number of hydrogen-bond donors (Lipinski definition) is 1. The van der Waals surface area contributed by atoms with Crippen LogP contribution in [-0.4, -0.2) is 26.8 Å². The van der Waals surface area contributed by atoms with Crippen LogP contribution in [0.3, 0.4) is 0 Å². The molecule has 0 aliphatic carbocycles. The van der Waals surface area contributed by atoms with E-state index in [1.807, 2.05) is 36.4 Å². The number of non-ortho nitro benzene ring substituents is 1. The number of aromatic nitrogens is 3. The van der Waals surface area contributed by atoms with Gasteiger partial charge in [-0.2, -0.15) is 10.1 Å². The molecule has 0 saturated carbocycles. The average molecular weight is 349 g/mol. The Morgan fingerprint density at radius 2 is 2.08 bits per heavy atom. The largest absolute Gasteiger partial charge is 0.497 e. The Bertz CT molecular complexity index is 1010. The van der Waals surface area contributed by atoms with Crippen molar-refractivity contribution in [2.75, 3.05) is 12.4 Å². The zero-order valence-corrected chi connectivity index (χ0v) is 13.9. The summed E-state index contributed by atoms with van der Waals surface area (Å²) in [5.74, 6) is 1.31. The van der Waals surface area contributed by atoms with Crippen LogP contribution < -0.4 is 10.1 Å². The molecule has 130 valence electrons. The van der Waals surface area contributed by atoms with Crippen LogP contribution in [0.5, 0.6) is 5.75 Å². The number of nitrogens with zero attached hydrogens (tertiary/aromatic N) is 4. The Morgan fingerprint density at radius 1 is 1.23 bits per heavy atom. The van der Waals surface area contributed by atoms with Crippen LogP contribution in [0.1, 0.15) is 17.2 Å². The molecule has 1 aromatic heterocycles. The highest BCUT2D eigenvalue weighted by Gasteiger charge is 2.24. The molecule has 8 nitrogen and oxygen atoms in total. The Morgan fingerprint density at radius 3 is 2.88 bits per heavy atom. The van der Waals surface area contributed by atoms with Gasteiger partial charge in [0.15, 0.2) is 0 Å². The number of anilines is 1. The molecule has 1 aliphatic rings. The van der Waals surface area contributed by atoms with E-state index < -0.39 is 4.92 Å².